The van der Waals surface area contributed by atoms with Gasteiger partial charge in [0, 0.05) is 10.8 Å². The molecule has 92 valence electrons. The van der Waals surface area contributed by atoms with E-state index < -0.39 is 11.6 Å². The van der Waals surface area contributed by atoms with Crippen LogP contribution in [0, 0.1) is 11.6 Å². The molecule has 1 aromatic heterocycles. The molecule has 6 heteroatoms. The first kappa shape index (κ1) is 11.5. The molecule has 1 aliphatic rings. The Morgan fingerprint density at radius 3 is 2.56 bits per heavy atom. The van der Waals surface area contributed by atoms with Gasteiger partial charge in [-0.05, 0) is 12.1 Å². The number of halogens is 3. The van der Waals surface area contributed by atoms with Crippen molar-refractivity contribution in [3.63, 3.8) is 0 Å². The summed E-state index contributed by atoms with van der Waals surface area (Å²) in [6.07, 6.45) is 0. The molecular weight excluding hydrogens is 264 g/mol. The Balaban J connectivity index is 2.46. The predicted molar refractivity (Wildman–Crippen MR) is 60.7 cm³/mol. The van der Waals surface area contributed by atoms with E-state index in [0.717, 1.165) is 12.1 Å². The Hall–Kier alpha value is -1.59. The maximum atomic E-state index is 13.3. The van der Waals surface area contributed by atoms with E-state index in [2.05, 4.69) is 4.98 Å². The Kier molecular flexibility index (Phi) is 2.53. The molecule has 0 aliphatic carbocycles. The van der Waals surface area contributed by atoms with Gasteiger partial charge in [0.05, 0.1) is 17.9 Å². The third-order valence-corrected chi connectivity index (χ3v) is 3.11. The lowest BCUT2D eigenvalue weighted by Crippen LogP contribution is -2.20. The molecule has 3 rings (SSSR count). The molecule has 1 aromatic carbocycles. The maximum absolute atomic E-state index is 13.3. The summed E-state index contributed by atoms with van der Waals surface area (Å²) in [7, 11) is 0. The minimum atomic E-state index is -1.02. The number of fused-ring (bicyclic) bond motifs is 3. The summed E-state index contributed by atoms with van der Waals surface area (Å²) in [6.45, 7) is 0.0418. The van der Waals surface area contributed by atoms with Gasteiger partial charge in [0.15, 0.2) is 17.4 Å². The van der Waals surface area contributed by atoms with Gasteiger partial charge in [-0.15, -0.1) is 0 Å². The molecule has 0 unspecified atom stereocenters. The van der Waals surface area contributed by atoms with Crippen molar-refractivity contribution in [1.82, 2.24) is 4.98 Å². The molecule has 1 aliphatic heterocycles. The first-order valence-electron chi connectivity index (χ1n) is 5.16. The van der Waals surface area contributed by atoms with E-state index in [9.17, 15) is 13.6 Å². The quantitative estimate of drug-likeness (QED) is 0.691. The van der Waals surface area contributed by atoms with E-state index in [1.165, 1.54) is 0 Å². The SMILES string of the molecule is O=C1COCc2nc(Cl)c3cc(F)c(F)cc3c21. The van der Waals surface area contributed by atoms with Crippen molar-refractivity contribution in [3.05, 3.63) is 40.2 Å². The number of benzene rings is 1. The normalized spacial score (nSPS) is 14.9. The first-order valence-corrected chi connectivity index (χ1v) is 5.54. The highest BCUT2D eigenvalue weighted by Crippen LogP contribution is 2.31. The lowest BCUT2D eigenvalue weighted by molar-refractivity contribution is 0.0658. The second-order valence-corrected chi connectivity index (χ2v) is 4.31. The molecule has 3 nitrogen and oxygen atoms in total. The zero-order chi connectivity index (χ0) is 12.9. The number of aromatic nitrogens is 1. The van der Waals surface area contributed by atoms with Crippen molar-refractivity contribution in [2.75, 3.05) is 6.61 Å². The third kappa shape index (κ3) is 1.59. The fourth-order valence-electron chi connectivity index (χ4n) is 2.04. The Morgan fingerprint density at radius 2 is 1.83 bits per heavy atom. The van der Waals surface area contributed by atoms with Gasteiger partial charge < -0.3 is 4.74 Å². The number of carbonyl (C=O) groups excluding carboxylic acids is 1. The van der Waals surface area contributed by atoms with Crippen LogP contribution in [0.25, 0.3) is 10.8 Å². The monoisotopic (exact) mass is 269 g/mol. The average Bonchev–Trinajstić information content (AvgIpc) is 2.32. The van der Waals surface area contributed by atoms with Crippen LogP contribution in [0.3, 0.4) is 0 Å². The lowest BCUT2D eigenvalue weighted by Gasteiger charge is -2.17. The van der Waals surface area contributed by atoms with Crippen molar-refractivity contribution in [3.8, 4) is 0 Å². The minimum Gasteiger partial charge on any atom is -0.367 e. The molecule has 0 saturated heterocycles. The fourth-order valence-corrected chi connectivity index (χ4v) is 2.30. The summed E-state index contributed by atoms with van der Waals surface area (Å²) in [6, 6.07) is 1.92. The Morgan fingerprint density at radius 1 is 1.17 bits per heavy atom. The number of rotatable bonds is 0. The first-order chi connectivity index (χ1) is 8.58. The van der Waals surface area contributed by atoms with Crippen LogP contribution in [0.2, 0.25) is 5.15 Å². The van der Waals surface area contributed by atoms with Crippen molar-refractivity contribution >= 4 is 28.2 Å². The van der Waals surface area contributed by atoms with Gasteiger partial charge in [0.1, 0.15) is 11.8 Å². The smallest absolute Gasteiger partial charge is 0.191 e. The molecular formula is C12H6ClF2NO2. The van der Waals surface area contributed by atoms with Crippen LogP contribution in [-0.2, 0) is 11.3 Å². The Labute approximate surface area is 105 Å². The largest absolute Gasteiger partial charge is 0.367 e. The number of Topliss-reactive ketones (excluding diaryl/α,β-unsaturated/α-hetero) is 1. The average molecular weight is 270 g/mol. The van der Waals surface area contributed by atoms with E-state index in [0.29, 0.717) is 5.69 Å². The molecule has 0 bridgehead atoms. The summed E-state index contributed by atoms with van der Waals surface area (Å²) in [5.74, 6) is -2.35. The van der Waals surface area contributed by atoms with Gasteiger partial charge in [-0.3, -0.25) is 4.79 Å². The van der Waals surface area contributed by atoms with Crippen LogP contribution in [0.1, 0.15) is 16.1 Å². The standard InChI is InChI=1S/C12H6ClF2NO2/c13-12-6-2-8(15)7(14)1-5(6)11-9(16-12)3-18-4-10(11)17/h1-2H,3-4H2. The summed E-state index contributed by atoms with van der Waals surface area (Å²) in [5, 5.41) is 0.530. The highest BCUT2D eigenvalue weighted by Gasteiger charge is 2.24. The van der Waals surface area contributed by atoms with E-state index in [4.69, 9.17) is 16.3 Å². The van der Waals surface area contributed by atoms with Gasteiger partial charge in [0.25, 0.3) is 0 Å². The topological polar surface area (TPSA) is 39.2 Å². The molecule has 0 radical (unpaired) electrons. The minimum absolute atomic E-state index is 0.0287. The van der Waals surface area contributed by atoms with Crippen LogP contribution in [0.15, 0.2) is 12.1 Å². The summed E-state index contributed by atoms with van der Waals surface area (Å²) in [4.78, 5) is 15.8. The van der Waals surface area contributed by atoms with Crippen molar-refractivity contribution in [2.24, 2.45) is 0 Å². The number of hydrogen-bond donors (Lipinski definition) is 0. The number of pyridine rings is 1. The van der Waals surface area contributed by atoms with Crippen LogP contribution in [0.4, 0.5) is 8.78 Å². The van der Waals surface area contributed by atoms with Crippen LogP contribution < -0.4 is 0 Å². The number of carbonyl (C=O) groups is 1. The molecule has 2 heterocycles. The molecule has 0 atom stereocenters. The van der Waals surface area contributed by atoms with Gasteiger partial charge in [-0.25, -0.2) is 13.8 Å². The predicted octanol–water partition coefficient (Wildman–Crippen LogP) is 2.88. The lowest BCUT2D eigenvalue weighted by atomic mass is 9.99. The summed E-state index contributed by atoms with van der Waals surface area (Å²) >= 11 is 5.90. The number of ether oxygens (including phenoxy) is 1. The second kappa shape index (κ2) is 3.96. The van der Waals surface area contributed by atoms with Crippen molar-refractivity contribution < 1.29 is 18.3 Å². The van der Waals surface area contributed by atoms with Crippen LogP contribution in [0.5, 0.6) is 0 Å². The van der Waals surface area contributed by atoms with E-state index in [-0.39, 0.29) is 40.5 Å². The molecule has 0 spiro atoms. The van der Waals surface area contributed by atoms with Gasteiger partial charge in [-0.1, -0.05) is 11.6 Å². The molecule has 0 N–H and O–H groups in total. The Bertz CT molecular complexity index is 688. The highest BCUT2D eigenvalue weighted by molar-refractivity contribution is 6.35. The maximum Gasteiger partial charge on any atom is 0.191 e. The van der Waals surface area contributed by atoms with E-state index in [1.807, 2.05) is 0 Å². The van der Waals surface area contributed by atoms with Gasteiger partial charge in [0.2, 0.25) is 0 Å². The summed E-state index contributed by atoms with van der Waals surface area (Å²) < 4.78 is 31.5. The zero-order valence-corrected chi connectivity index (χ0v) is 9.72. The third-order valence-electron chi connectivity index (χ3n) is 2.82. The van der Waals surface area contributed by atoms with E-state index >= 15 is 0 Å². The number of ketones is 1. The number of nitrogens with zero attached hydrogens (tertiary/aromatic N) is 1. The van der Waals surface area contributed by atoms with Crippen LogP contribution in [-0.4, -0.2) is 17.4 Å². The van der Waals surface area contributed by atoms with Gasteiger partial charge >= 0.3 is 0 Å². The molecule has 0 fully saturated rings. The second-order valence-electron chi connectivity index (χ2n) is 3.95. The van der Waals surface area contributed by atoms with E-state index in [1.54, 1.807) is 0 Å². The number of hydrogen-bond acceptors (Lipinski definition) is 3. The van der Waals surface area contributed by atoms with Crippen molar-refractivity contribution in [1.29, 1.82) is 0 Å². The van der Waals surface area contributed by atoms with Gasteiger partial charge in [-0.2, -0.15) is 0 Å². The zero-order valence-electron chi connectivity index (χ0n) is 8.97. The summed E-state index contributed by atoms with van der Waals surface area (Å²) in [5.41, 5.74) is 0.620. The molecule has 18 heavy (non-hydrogen) atoms. The fraction of sp³-hybridized carbons (Fsp3) is 0.167. The highest BCUT2D eigenvalue weighted by atomic mass is 35.5. The molecule has 2 aromatic rings. The molecule has 0 amide bonds. The van der Waals surface area contributed by atoms with Crippen molar-refractivity contribution in [2.45, 2.75) is 6.61 Å². The molecule has 0 saturated carbocycles. The van der Waals surface area contributed by atoms with Crippen LogP contribution >= 0.6 is 11.6 Å².